The lowest BCUT2D eigenvalue weighted by Gasteiger charge is -2.28. The van der Waals surface area contributed by atoms with Gasteiger partial charge in [-0.15, -0.1) is 11.3 Å². The molecule has 16 heteroatoms. The summed E-state index contributed by atoms with van der Waals surface area (Å²) in [4.78, 5) is 53.1. The molecule has 0 radical (unpaired) electrons. The second-order valence-electron chi connectivity index (χ2n) is 14.4. The van der Waals surface area contributed by atoms with Crippen molar-refractivity contribution < 1.29 is 37.0 Å². The van der Waals surface area contributed by atoms with Crippen molar-refractivity contribution in [1.82, 2.24) is 29.2 Å². The molecule has 3 amide bonds. The van der Waals surface area contributed by atoms with Gasteiger partial charge >= 0.3 is 10.2 Å². The quantitative estimate of drug-likeness (QED) is 0.319. The Morgan fingerprint density at radius 3 is 2.66 bits per heavy atom. The summed E-state index contributed by atoms with van der Waals surface area (Å²) in [5.74, 6) is -0.794. The lowest BCUT2D eigenvalue weighted by atomic mass is 10.1. The van der Waals surface area contributed by atoms with Gasteiger partial charge in [0.05, 0.1) is 24.9 Å². The molecule has 53 heavy (non-hydrogen) atoms. The molecule has 2 aliphatic heterocycles. The average molecular weight is 769 g/mol. The van der Waals surface area contributed by atoms with Crippen LogP contribution in [0.2, 0.25) is 0 Å². The van der Waals surface area contributed by atoms with E-state index >= 15 is 0 Å². The molecule has 0 spiro atoms. The standard InChI is InChI=1S/C37H48N6O8S2/c1-21(2)28-20-52-34(39-28)27-17-31(26-13-14-30(49-7)22(3)32(26)38-27)51-25-16-29-33(44)40-37(36(46)41-53(47,48)42(5)6)18-24(37)12-10-8-9-11-15-50-23(4)35(45)43(29)19-25/h10,12-14,17,20-21,23-25,29H,8-9,11,15-16,18-19H2,1-7H3,(H,40,44)(H,41,46). The first-order valence-electron chi connectivity index (χ1n) is 17.9. The fraction of sp³-hybridized carbons (Fsp3) is 0.541. The number of carbonyl (C=O) groups is 3. The summed E-state index contributed by atoms with van der Waals surface area (Å²) in [5, 5.41) is 6.36. The Labute approximate surface area is 314 Å². The first-order chi connectivity index (χ1) is 25.1. The minimum atomic E-state index is -4.13. The summed E-state index contributed by atoms with van der Waals surface area (Å²) >= 11 is 1.49. The number of thiazole rings is 1. The van der Waals surface area contributed by atoms with Gasteiger partial charge in [-0.2, -0.15) is 12.7 Å². The van der Waals surface area contributed by atoms with E-state index in [1.165, 1.54) is 30.3 Å². The Morgan fingerprint density at radius 2 is 1.96 bits per heavy atom. The molecule has 0 bridgehead atoms. The molecule has 1 saturated carbocycles. The second kappa shape index (κ2) is 15.3. The van der Waals surface area contributed by atoms with Gasteiger partial charge in [0.15, 0.2) is 0 Å². The van der Waals surface area contributed by atoms with Gasteiger partial charge in [-0.05, 0) is 57.6 Å². The van der Waals surface area contributed by atoms with Crippen molar-refractivity contribution in [2.75, 3.05) is 34.4 Å². The third kappa shape index (κ3) is 7.91. The third-order valence-electron chi connectivity index (χ3n) is 10.2. The number of hydrogen-bond acceptors (Lipinski definition) is 11. The normalized spacial score (nSPS) is 25.4. The Kier molecular flexibility index (Phi) is 11.2. The summed E-state index contributed by atoms with van der Waals surface area (Å²) in [6.07, 6.45) is 4.87. The van der Waals surface area contributed by atoms with Crippen molar-refractivity contribution in [2.24, 2.45) is 5.92 Å². The first kappa shape index (κ1) is 38.6. The summed E-state index contributed by atoms with van der Waals surface area (Å²) < 4.78 is 46.6. The predicted molar refractivity (Wildman–Crippen MR) is 201 cm³/mol. The number of amides is 3. The van der Waals surface area contributed by atoms with Crippen molar-refractivity contribution in [3.8, 4) is 22.2 Å². The number of nitrogens with zero attached hydrogens (tertiary/aromatic N) is 4. The fourth-order valence-electron chi connectivity index (χ4n) is 6.81. The van der Waals surface area contributed by atoms with Crippen LogP contribution in [0.5, 0.6) is 11.5 Å². The van der Waals surface area contributed by atoms with Crippen LogP contribution in [-0.4, -0.2) is 103 Å². The number of benzene rings is 1. The zero-order valence-corrected chi connectivity index (χ0v) is 32.8. The number of hydrogen-bond donors (Lipinski definition) is 2. The number of aromatic nitrogens is 2. The number of methoxy groups -OCH3 is 1. The van der Waals surface area contributed by atoms with Gasteiger partial charge < -0.3 is 24.4 Å². The Hall–Kier alpha value is -4.12. The largest absolute Gasteiger partial charge is 0.496 e. The number of nitrogens with one attached hydrogen (secondary N) is 2. The predicted octanol–water partition coefficient (Wildman–Crippen LogP) is 4.09. The van der Waals surface area contributed by atoms with E-state index in [0.29, 0.717) is 42.2 Å². The highest BCUT2D eigenvalue weighted by Gasteiger charge is 2.61. The lowest BCUT2D eigenvalue weighted by Crippen LogP contribution is -2.57. The summed E-state index contributed by atoms with van der Waals surface area (Å²) in [6, 6.07) is 4.54. The zero-order chi connectivity index (χ0) is 38.2. The van der Waals surface area contributed by atoms with E-state index in [0.717, 1.165) is 32.4 Å². The molecule has 3 aromatic rings. The molecule has 2 fully saturated rings. The maximum atomic E-state index is 14.3. The van der Waals surface area contributed by atoms with Gasteiger partial charge in [-0.25, -0.2) is 14.7 Å². The van der Waals surface area contributed by atoms with Crippen molar-refractivity contribution >= 4 is 50.2 Å². The van der Waals surface area contributed by atoms with Crippen LogP contribution in [-0.2, 0) is 29.3 Å². The maximum absolute atomic E-state index is 14.3. The van der Waals surface area contributed by atoms with E-state index in [9.17, 15) is 22.8 Å². The maximum Gasteiger partial charge on any atom is 0.303 e. The number of allylic oxidation sites excluding steroid dienone is 1. The smallest absolute Gasteiger partial charge is 0.303 e. The van der Waals surface area contributed by atoms with Gasteiger partial charge in [0.2, 0.25) is 5.91 Å². The molecule has 2 aromatic heterocycles. The highest BCUT2D eigenvalue weighted by Crippen LogP contribution is 2.46. The number of carbonyl (C=O) groups excluding carboxylic acids is 3. The minimum absolute atomic E-state index is 0.0746. The van der Waals surface area contributed by atoms with Crippen LogP contribution in [0.25, 0.3) is 21.6 Å². The molecular weight excluding hydrogens is 721 g/mol. The molecular formula is C37H48N6O8S2. The van der Waals surface area contributed by atoms with Gasteiger partial charge in [-0.3, -0.25) is 14.4 Å². The van der Waals surface area contributed by atoms with E-state index < -0.39 is 51.7 Å². The number of rotatable bonds is 8. The summed E-state index contributed by atoms with van der Waals surface area (Å²) in [6.45, 7) is 8.20. The van der Waals surface area contributed by atoms with E-state index in [1.807, 2.05) is 42.7 Å². The van der Waals surface area contributed by atoms with Crippen LogP contribution in [0.4, 0.5) is 0 Å². The van der Waals surface area contributed by atoms with Gasteiger partial charge in [0, 0.05) is 55.4 Å². The Morgan fingerprint density at radius 1 is 1.19 bits per heavy atom. The molecule has 14 nitrogen and oxygen atoms in total. The van der Waals surface area contributed by atoms with Crippen molar-refractivity contribution in [1.29, 1.82) is 0 Å². The number of aryl methyl sites for hydroxylation is 1. The number of fused-ring (bicyclic) bond motifs is 3. The van der Waals surface area contributed by atoms with Gasteiger partial charge in [0.25, 0.3) is 11.8 Å². The Balaban J connectivity index is 1.35. The molecule has 6 rings (SSSR count). The van der Waals surface area contributed by atoms with Crippen LogP contribution in [0.15, 0.2) is 35.7 Å². The highest BCUT2D eigenvalue weighted by atomic mass is 32.2. The lowest BCUT2D eigenvalue weighted by molar-refractivity contribution is -0.147. The van der Waals surface area contributed by atoms with Crippen LogP contribution >= 0.6 is 11.3 Å². The van der Waals surface area contributed by atoms with Gasteiger partial charge in [-0.1, -0.05) is 26.0 Å². The molecule has 286 valence electrons. The van der Waals surface area contributed by atoms with Crippen molar-refractivity contribution in [3.63, 3.8) is 0 Å². The zero-order valence-electron chi connectivity index (χ0n) is 31.2. The van der Waals surface area contributed by atoms with E-state index in [1.54, 1.807) is 14.0 Å². The van der Waals surface area contributed by atoms with Crippen LogP contribution < -0.4 is 19.5 Å². The van der Waals surface area contributed by atoms with Crippen molar-refractivity contribution in [2.45, 2.75) is 89.5 Å². The SMILES string of the molecule is COc1ccc2c(OC3CC4C(=O)NC5(C(=O)NS(=O)(=O)N(C)C)CC5C=CCCCCOC(C)C(=O)N4C3)cc(-c3nc(C(C)C)cs3)nc2c1C. The minimum Gasteiger partial charge on any atom is -0.496 e. The molecule has 3 aliphatic rings. The van der Waals surface area contributed by atoms with Crippen LogP contribution in [0.3, 0.4) is 0 Å². The van der Waals surface area contributed by atoms with E-state index in [2.05, 4.69) is 23.9 Å². The Bertz CT molecular complexity index is 2030. The van der Waals surface area contributed by atoms with Crippen LogP contribution in [0, 0.1) is 12.8 Å². The second-order valence-corrected chi connectivity index (χ2v) is 17.2. The van der Waals surface area contributed by atoms with E-state index in [4.69, 9.17) is 24.2 Å². The fourth-order valence-corrected chi connectivity index (χ4v) is 8.34. The monoisotopic (exact) mass is 768 g/mol. The molecule has 1 aliphatic carbocycles. The van der Waals surface area contributed by atoms with E-state index in [-0.39, 0.29) is 31.2 Å². The third-order valence-corrected chi connectivity index (χ3v) is 12.4. The first-order valence-corrected chi connectivity index (χ1v) is 20.2. The number of pyridine rings is 1. The molecule has 5 unspecified atom stereocenters. The average Bonchev–Trinajstić information content (AvgIpc) is 3.41. The molecule has 2 N–H and O–H groups in total. The molecule has 1 saturated heterocycles. The van der Waals surface area contributed by atoms with Crippen molar-refractivity contribution in [3.05, 3.63) is 47.0 Å². The van der Waals surface area contributed by atoms with Gasteiger partial charge in [0.1, 0.15) is 46.0 Å². The summed E-state index contributed by atoms with van der Waals surface area (Å²) in [7, 11) is 0.0936. The van der Waals surface area contributed by atoms with Crippen LogP contribution in [0.1, 0.15) is 70.1 Å². The molecule has 4 heterocycles. The topological polar surface area (TPSA) is 169 Å². The molecule has 1 aromatic carbocycles. The number of ether oxygens (including phenoxy) is 3. The highest BCUT2D eigenvalue weighted by molar-refractivity contribution is 7.87. The summed E-state index contributed by atoms with van der Waals surface area (Å²) in [5.41, 5.74) is 1.58. The molecule has 5 atom stereocenters.